The number of nitrogens with one attached hydrogen (secondary N) is 3. The van der Waals surface area contributed by atoms with Gasteiger partial charge in [0.15, 0.2) is 0 Å². The average molecular weight is 575 g/mol. The van der Waals surface area contributed by atoms with Gasteiger partial charge in [0.05, 0.1) is 17.6 Å². The van der Waals surface area contributed by atoms with Crippen molar-refractivity contribution in [2.45, 2.75) is 84.5 Å². The van der Waals surface area contributed by atoms with Crippen molar-refractivity contribution in [2.24, 2.45) is 23.2 Å². The first kappa shape index (κ1) is 30.2. The predicted octanol–water partition coefficient (Wildman–Crippen LogP) is 3.72. The number of nitrogens with zero attached hydrogens (tertiary/aromatic N) is 1. The van der Waals surface area contributed by atoms with E-state index in [2.05, 4.69) is 55.6 Å². The van der Waals surface area contributed by atoms with Gasteiger partial charge in [-0.15, -0.1) is 0 Å². The molecular formula is C32H43BN4O5. The highest BCUT2D eigenvalue weighted by Gasteiger charge is 2.68. The van der Waals surface area contributed by atoms with E-state index in [9.17, 15) is 14.4 Å². The Labute approximate surface area is 249 Å². The summed E-state index contributed by atoms with van der Waals surface area (Å²) in [6, 6.07) is 11.1. The van der Waals surface area contributed by atoms with Crippen LogP contribution in [0.5, 0.6) is 0 Å². The van der Waals surface area contributed by atoms with E-state index in [0.717, 1.165) is 18.4 Å². The van der Waals surface area contributed by atoms with Gasteiger partial charge in [-0.2, -0.15) is 0 Å². The Kier molecular flexibility index (Phi) is 8.49. The number of amides is 3. The van der Waals surface area contributed by atoms with Crippen LogP contribution in [0.2, 0.25) is 0 Å². The van der Waals surface area contributed by atoms with Gasteiger partial charge in [0.1, 0.15) is 11.7 Å². The molecular weight excluding hydrogens is 531 g/mol. The Hall–Kier alpha value is -3.24. The lowest BCUT2D eigenvalue weighted by Crippen LogP contribution is -2.65. The van der Waals surface area contributed by atoms with Crippen LogP contribution in [0.25, 0.3) is 0 Å². The number of aryl methyl sites for hydroxylation is 1. The number of benzene rings is 1. The van der Waals surface area contributed by atoms with Crippen molar-refractivity contribution in [1.82, 2.24) is 20.9 Å². The van der Waals surface area contributed by atoms with E-state index >= 15 is 0 Å². The van der Waals surface area contributed by atoms with Gasteiger partial charge in [-0.05, 0) is 80.5 Å². The van der Waals surface area contributed by atoms with Crippen LogP contribution in [0.15, 0.2) is 48.7 Å². The lowest BCUT2D eigenvalue weighted by molar-refractivity contribution is -0.199. The molecule has 4 fully saturated rings. The second kappa shape index (κ2) is 11.8. The van der Waals surface area contributed by atoms with Crippen molar-refractivity contribution in [3.05, 3.63) is 65.5 Å². The van der Waals surface area contributed by atoms with Crippen LogP contribution in [-0.4, -0.2) is 60.1 Å². The van der Waals surface area contributed by atoms with Crippen molar-refractivity contribution in [2.75, 3.05) is 6.54 Å². The minimum Gasteiger partial charge on any atom is -0.404 e. The van der Waals surface area contributed by atoms with Crippen molar-refractivity contribution >= 4 is 24.8 Å². The summed E-state index contributed by atoms with van der Waals surface area (Å²) in [5, 5.41) is 8.70. The Bertz CT molecular complexity index is 1300. The second-order valence-electron chi connectivity index (χ2n) is 13.4. The molecule has 1 saturated heterocycles. The summed E-state index contributed by atoms with van der Waals surface area (Å²) in [5.41, 5.74) is 1.49. The van der Waals surface area contributed by atoms with Crippen LogP contribution < -0.4 is 16.0 Å². The highest BCUT2D eigenvalue weighted by atomic mass is 16.7. The normalized spacial score (nSPS) is 26.9. The number of pyridine rings is 1. The highest BCUT2D eigenvalue weighted by Crippen LogP contribution is 2.65. The molecule has 1 aromatic heterocycles. The van der Waals surface area contributed by atoms with E-state index in [1.165, 1.54) is 6.20 Å². The lowest BCUT2D eigenvalue weighted by Gasteiger charge is -2.64. The van der Waals surface area contributed by atoms with Gasteiger partial charge in [0, 0.05) is 18.3 Å². The van der Waals surface area contributed by atoms with Crippen LogP contribution in [0.3, 0.4) is 0 Å². The van der Waals surface area contributed by atoms with Crippen molar-refractivity contribution < 1.29 is 23.7 Å². The number of rotatable bonds is 10. The Balaban J connectivity index is 1.31. The summed E-state index contributed by atoms with van der Waals surface area (Å²) in [4.78, 5) is 43.8. The molecule has 10 heteroatoms. The van der Waals surface area contributed by atoms with Crippen LogP contribution >= 0.6 is 0 Å². The molecule has 3 amide bonds. The third-order valence-electron chi connectivity index (χ3n) is 9.65. The molecule has 0 unspecified atom stereocenters. The number of carbonyl (C=O) groups is 3. The zero-order valence-corrected chi connectivity index (χ0v) is 25.5. The smallest absolute Gasteiger partial charge is 0.404 e. The molecule has 3 aliphatic carbocycles. The van der Waals surface area contributed by atoms with E-state index in [1.54, 1.807) is 30.3 Å². The van der Waals surface area contributed by atoms with Crippen molar-refractivity contribution in [1.29, 1.82) is 0 Å². The van der Waals surface area contributed by atoms with E-state index in [0.29, 0.717) is 23.8 Å². The second-order valence-corrected chi connectivity index (χ2v) is 13.4. The average Bonchev–Trinajstić information content (AvgIpc) is 3.32. The first-order valence-electron chi connectivity index (χ1n) is 15.1. The van der Waals surface area contributed by atoms with Gasteiger partial charge >= 0.3 is 7.12 Å². The van der Waals surface area contributed by atoms with Crippen LogP contribution in [0.4, 0.5) is 0 Å². The molecule has 224 valence electrons. The Morgan fingerprint density at radius 1 is 1.02 bits per heavy atom. The van der Waals surface area contributed by atoms with Crippen molar-refractivity contribution in [3.8, 4) is 0 Å². The van der Waals surface area contributed by atoms with Crippen LogP contribution in [0, 0.1) is 30.1 Å². The van der Waals surface area contributed by atoms with Gasteiger partial charge in [-0.25, -0.2) is 0 Å². The zero-order valence-electron chi connectivity index (χ0n) is 25.5. The topological polar surface area (TPSA) is 119 Å². The Morgan fingerprint density at radius 2 is 1.76 bits per heavy atom. The summed E-state index contributed by atoms with van der Waals surface area (Å²) in [5.74, 6) is -0.422. The molecule has 42 heavy (non-hydrogen) atoms. The summed E-state index contributed by atoms with van der Waals surface area (Å²) in [7, 11) is -0.601. The summed E-state index contributed by atoms with van der Waals surface area (Å²) in [6.07, 6.45) is 4.22. The maximum Gasteiger partial charge on any atom is 0.481 e. The number of carbonyl (C=O) groups excluding carboxylic acids is 3. The fourth-order valence-corrected chi connectivity index (χ4v) is 7.04. The zero-order chi connectivity index (χ0) is 30.2. The third kappa shape index (κ3) is 5.97. The Morgan fingerprint density at radius 3 is 2.40 bits per heavy atom. The maximum absolute atomic E-state index is 13.8. The number of hydrogen-bond acceptors (Lipinski definition) is 6. The molecule has 1 aromatic carbocycles. The predicted molar refractivity (Wildman–Crippen MR) is 161 cm³/mol. The molecule has 4 aliphatic rings. The summed E-state index contributed by atoms with van der Waals surface area (Å²) < 4.78 is 13.2. The molecule has 2 aromatic rings. The quantitative estimate of drug-likeness (QED) is 0.373. The minimum absolute atomic E-state index is 0.0145. The molecule has 6 rings (SSSR count). The lowest BCUT2D eigenvalue weighted by atomic mass is 9.43. The van der Waals surface area contributed by atoms with E-state index < -0.39 is 36.5 Å². The van der Waals surface area contributed by atoms with Gasteiger partial charge in [-0.1, -0.05) is 51.5 Å². The van der Waals surface area contributed by atoms with Gasteiger partial charge in [-0.3, -0.25) is 19.4 Å². The fraction of sp³-hybridized carbons (Fsp3) is 0.562. The summed E-state index contributed by atoms with van der Waals surface area (Å²) in [6.45, 7) is 12.8. The largest absolute Gasteiger partial charge is 0.481 e. The van der Waals surface area contributed by atoms with Crippen molar-refractivity contribution in [3.63, 3.8) is 0 Å². The molecule has 9 nitrogen and oxygen atoms in total. The number of aromatic nitrogens is 1. The van der Waals surface area contributed by atoms with Crippen LogP contribution in [0.1, 0.15) is 80.3 Å². The molecule has 2 bridgehead atoms. The molecule has 3 saturated carbocycles. The standard InChI is InChI=1S/C32H43BN4O5/c1-19(2)15-27(33-41-26-17-22-16-25(31(22,4)5)32(26,6)42-33)37-30(40)24(36-29(39)23-9-7-8-14-34-23)18-35-28(38)21-12-10-20(3)11-13-21/h7-14,19,22,24-27H,15-18H2,1-6H3,(H,35,38)(H,36,39)(H,37,40)/t22-,24-,25-,26+,27-,32-/m0/s1. The monoisotopic (exact) mass is 574 g/mol. The van der Waals surface area contributed by atoms with E-state index in [4.69, 9.17) is 9.31 Å². The van der Waals surface area contributed by atoms with Gasteiger partial charge in [0.2, 0.25) is 5.91 Å². The molecule has 6 atom stereocenters. The van der Waals surface area contributed by atoms with Gasteiger partial charge in [0.25, 0.3) is 11.8 Å². The third-order valence-corrected chi connectivity index (χ3v) is 9.65. The molecule has 2 heterocycles. The maximum atomic E-state index is 13.8. The fourth-order valence-electron chi connectivity index (χ4n) is 7.04. The first-order valence-corrected chi connectivity index (χ1v) is 15.1. The SMILES string of the molecule is Cc1ccc(C(=O)NC[C@H](NC(=O)c2ccccn2)C(=O)N[C@@H](CC(C)C)B2O[C@@H]3C[C@@H]4C[C@@H](C4(C)C)[C@]3(C)O2)cc1. The molecule has 1 aliphatic heterocycles. The van der Waals surface area contributed by atoms with E-state index in [1.807, 2.05) is 19.1 Å². The minimum atomic E-state index is -1.05. The number of hydrogen-bond donors (Lipinski definition) is 3. The molecule has 0 radical (unpaired) electrons. The molecule has 3 N–H and O–H groups in total. The van der Waals surface area contributed by atoms with Gasteiger partial charge < -0.3 is 25.3 Å². The van der Waals surface area contributed by atoms with Crippen LogP contribution in [-0.2, 0) is 14.1 Å². The first-order chi connectivity index (χ1) is 19.9. The highest BCUT2D eigenvalue weighted by molar-refractivity contribution is 6.48. The van der Waals surface area contributed by atoms with E-state index in [-0.39, 0.29) is 35.6 Å². The molecule has 0 spiro atoms. The summed E-state index contributed by atoms with van der Waals surface area (Å²) >= 11 is 0.